The molecule has 0 fully saturated rings. The van der Waals surface area contributed by atoms with Crippen LogP contribution in [-0.2, 0) is 0 Å². The van der Waals surface area contributed by atoms with Gasteiger partial charge in [0.25, 0.3) is 5.91 Å². The van der Waals surface area contributed by atoms with Crippen molar-refractivity contribution in [2.24, 2.45) is 0 Å². The molecule has 0 aliphatic carbocycles. The van der Waals surface area contributed by atoms with Crippen molar-refractivity contribution in [1.29, 1.82) is 0 Å². The van der Waals surface area contributed by atoms with Gasteiger partial charge in [0.2, 0.25) is 0 Å². The summed E-state index contributed by atoms with van der Waals surface area (Å²) in [5.41, 5.74) is 0.892. The number of benzene rings is 2. The van der Waals surface area contributed by atoms with Gasteiger partial charge in [-0.15, -0.1) is 0 Å². The smallest absolute Gasteiger partial charge is 0.251 e. The standard InChI is InChI=1S/C16H15ClFNO3/c1-22-15-8-11(4-7-13(15)17)16(21)19-9-14(20)10-2-5-12(18)6-3-10/h2-8,14,20H,9H2,1H3,(H,19,21). The molecule has 2 aromatic rings. The van der Waals surface area contributed by atoms with Crippen molar-refractivity contribution in [2.45, 2.75) is 6.10 Å². The molecule has 0 saturated heterocycles. The number of aliphatic hydroxyl groups is 1. The molecule has 0 spiro atoms. The number of nitrogens with one attached hydrogen (secondary N) is 1. The second-order valence-corrected chi connectivity index (χ2v) is 5.03. The van der Waals surface area contributed by atoms with E-state index in [4.69, 9.17) is 16.3 Å². The van der Waals surface area contributed by atoms with Crippen LogP contribution >= 0.6 is 11.6 Å². The van der Waals surface area contributed by atoms with Gasteiger partial charge in [-0.3, -0.25) is 4.79 Å². The van der Waals surface area contributed by atoms with Gasteiger partial charge in [0, 0.05) is 12.1 Å². The summed E-state index contributed by atoms with van der Waals surface area (Å²) in [6.07, 6.45) is -0.918. The molecule has 0 bridgehead atoms. The van der Waals surface area contributed by atoms with Crippen molar-refractivity contribution in [3.63, 3.8) is 0 Å². The number of aliphatic hydroxyl groups excluding tert-OH is 1. The van der Waals surface area contributed by atoms with Crippen molar-refractivity contribution < 1.29 is 19.0 Å². The van der Waals surface area contributed by atoms with E-state index in [1.807, 2.05) is 0 Å². The summed E-state index contributed by atoms with van der Waals surface area (Å²) in [6, 6.07) is 10.1. The zero-order valence-electron chi connectivity index (χ0n) is 11.8. The maximum Gasteiger partial charge on any atom is 0.251 e. The minimum absolute atomic E-state index is 0.00933. The molecule has 0 saturated carbocycles. The van der Waals surface area contributed by atoms with Gasteiger partial charge < -0.3 is 15.2 Å². The molecule has 6 heteroatoms. The topological polar surface area (TPSA) is 58.6 Å². The van der Waals surface area contributed by atoms with E-state index in [0.717, 1.165) is 0 Å². The summed E-state index contributed by atoms with van der Waals surface area (Å²) >= 11 is 5.89. The molecule has 2 N–H and O–H groups in total. The molecule has 1 unspecified atom stereocenters. The highest BCUT2D eigenvalue weighted by Crippen LogP contribution is 2.25. The fraction of sp³-hybridized carbons (Fsp3) is 0.188. The number of rotatable bonds is 5. The fourth-order valence-corrected chi connectivity index (χ4v) is 2.09. The summed E-state index contributed by atoms with van der Waals surface area (Å²) in [4.78, 5) is 12.0. The Morgan fingerprint density at radius 3 is 2.64 bits per heavy atom. The summed E-state index contributed by atoms with van der Waals surface area (Å²) in [5, 5.41) is 13.0. The third-order valence-corrected chi connectivity index (χ3v) is 3.44. The fourth-order valence-electron chi connectivity index (χ4n) is 1.90. The number of hydrogen-bond donors (Lipinski definition) is 2. The normalized spacial score (nSPS) is 11.8. The van der Waals surface area contributed by atoms with E-state index in [1.165, 1.54) is 37.4 Å². The van der Waals surface area contributed by atoms with Gasteiger partial charge in [-0.25, -0.2) is 4.39 Å². The van der Waals surface area contributed by atoms with Gasteiger partial charge in [0.05, 0.1) is 18.2 Å². The molecule has 0 heterocycles. The van der Waals surface area contributed by atoms with Crippen molar-refractivity contribution in [3.8, 4) is 5.75 Å². The van der Waals surface area contributed by atoms with Gasteiger partial charge in [0.15, 0.2) is 0 Å². The molecule has 116 valence electrons. The van der Waals surface area contributed by atoms with Gasteiger partial charge in [-0.1, -0.05) is 23.7 Å². The predicted octanol–water partition coefficient (Wildman–Crippen LogP) is 2.95. The molecule has 1 atom stereocenters. The summed E-state index contributed by atoms with van der Waals surface area (Å²) < 4.78 is 17.9. The van der Waals surface area contributed by atoms with Crippen LogP contribution in [0.5, 0.6) is 5.75 Å². The molecule has 0 aliphatic heterocycles. The van der Waals surface area contributed by atoms with Gasteiger partial charge >= 0.3 is 0 Å². The van der Waals surface area contributed by atoms with Crippen LogP contribution in [0.3, 0.4) is 0 Å². The van der Waals surface area contributed by atoms with Crippen LogP contribution in [-0.4, -0.2) is 24.7 Å². The van der Waals surface area contributed by atoms with Crippen LogP contribution in [0.2, 0.25) is 5.02 Å². The Morgan fingerprint density at radius 1 is 1.32 bits per heavy atom. The van der Waals surface area contributed by atoms with Crippen LogP contribution in [0.15, 0.2) is 42.5 Å². The monoisotopic (exact) mass is 323 g/mol. The Bertz CT molecular complexity index is 661. The number of amides is 1. The minimum atomic E-state index is -0.918. The Kier molecular flexibility index (Phi) is 5.35. The lowest BCUT2D eigenvalue weighted by atomic mass is 10.1. The summed E-state index contributed by atoms with van der Waals surface area (Å²) in [5.74, 6) is -0.349. The van der Waals surface area contributed by atoms with Gasteiger partial charge in [0.1, 0.15) is 11.6 Å². The molecular formula is C16H15ClFNO3. The van der Waals surface area contributed by atoms with Crippen LogP contribution < -0.4 is 10.1 Å². The quantitative estimate of drug-likeness (QED) is 0.889. The minimum Gasteiger partial charge on any atom is -0.495 e. The maximum absolute atomic E-state index is 12.8. The van der Waals surface area contributed by atoms with E-state index in [-0.39, 0.29) is 18.3 Å². The van der Waals surface area contributed by atoms with Crippen molar-refractivity contribution >= 4 is 17.5 Å². The van der Waals surface area contributed by atoms with Crippen molar-refractivity contribution in [2.75, 3.05) is 13.7 Å². The van der Waals surface area contributed by atoms with Crippen LogP contribution in [0, 0.1) is 5.82 Å². The summed E-state index contributed by atoms with van der Waals surface area (Å²) in [6.45, 7) is 0.00933. The number of carbonyl (C=O) groups excluding carboxylic acids is 1. The van der Waals surface area contributed by atoms with E-state index in [0.29, 0.717) is 21.9 Å². The van der Waals surface area contributed by atoms with Crippen LogP contribution in [0.1, 0.15) is 22.0 Å². The Morgan fingerprint density at radius 2 is 2.00 bits per heavy atom. The zero-order chi connectivity index (χ0) is 16.1. The molecular weight excluding hydrogens is 309 g/mol. The molecule has 22 heavy (non-hydrogen) atoms. The number of hydrogen-bond acceptors (Lipinski definition) is 3. The third-order valence-electron chi connectivity index (χ3n) is 3.12. The molecule has 0 aliphatic rings. The Hall–Kier alpha value is -2.11. The van der Waals surface area contributed by atoms with Crippen LogP contribution in [0.25, 0.3) is 0 Å². The Balaban J connectivity index is 1.99. The van der Waals surface area contributed by atoms with Crippen LogP contribution in [0.4, 0.5) is 4.39 Å². The van der Waals surface area contributed by atoms with E-state index in [2.05, 4.69) is 5.32 Å². The van der Waals surface area contributed by atoms with Crippen molar-refractivity contribution in [1.82, 2.24) is 5.32 Å². The first-order chi connectivity index (χ1) is 10.5. The number of ether oxygens (including phenoxy) is 1. The van der Waals surface area contributed by atoms with E-state index in [9.17, 15) is 14.3 Å². The van der Waals surface area contributed by atoms with E-state index < -0.39 is 6.10 Å². The maximum atomic E-state index is 12.8. The molecule has 4 nitrogen and oxygen atoms in total. The highest BCUT2D eigenvalue weighted by molar-refractivity contribution is 6.32. The van der Waals surface area contributed by atoms with Gasteiger partial charge in [-0.2, -0.15) is 0 Å². The predicted molar refractivity (Wildman–Crippen MR) is 81.7 cm³/mol. The molecule has 0 radical (unpaired) electrons. The third kappa shape index (κ3) is 3.96. The number of halogens is 2. The van der Waals surface area contributed by atoms with Gasteiger partial charge in [-0.05, 0) is 35.9 Å². The first-order valence-electron chi connectivity index (χ1n) is 6.56. The molecule has 0 aromatic heterocycles. The second kappa shape index (κ2) is 7.24. The molecule has 2 rings (SSSR count). The first-order valence-corrected chi connectivity index (χ1v) is 6.94. The summed E-state index contributed by atoms with van der Waals surface area (Å²) in [7, 11) is 1.46. The van der Waals surface area contributed by atoms with E-state index >= 15 is 0 Å². The van der Waals surface area contributed by atoms with E-state index in [1.54, 1.807) is 12.1 Å². The number of carbonyl (C=O) groups is 1. The lowest BCUT2D eigenvalue weighted by molar-refractivity contribution is 0.0916. The largest absolute Gasteiger partial charge is 0.495 e. The lowest BCUT2D eigenvalue weighted by Gasteiger charge is -2.13. The zero-order valence-corrected chi connectivity index (χ0v) is 12.6. The van der Waals surface area contributed by atoms with Crippen molar-refractivity contribution in [3.05, 3.63) is 64.4 Å². The number of methoxy groups -OCH3 is 1. The average Bonchev–Trinajstić information content (AvgIpc) is 2.53. The molecule has 1 amide bonds. The first kappa shape index (κ1) is 16.3. The average molecular weight is 324 g/mol. The Labute approximate surface area is 132 Å². The highest BCUT2D eigenvalue weighted by atomic mass is 35.5. The highest BCUT2D eigenvalue weighted by Gasteiger charge is 2.12. The lowest BCUT2D eigenvalue weighted by Crippen LogP contribution is -2.28. The second-order valence-electron chi connectivity index (χ2n) is 4.63. The SMILES string of the molecule is COc1cc(C(=O)NCC(O)c2ccc(F)cc2)ccc1Cl. The molecule has 2 aromatic carbocycles.